The molecule has 2 fully saturated rings. The minimum Gasteiger partial charge on any atom is -0.394 e. The maximum Gasteiger partial charge on any atom is 0.416 e. The molecule has 0 aliphatic carbocycles. The van der Waals surface area contributed by atoms with Crippen molar-refractivity contribution in [2.24, 2.45) is 0 Å². The van der Waals surface area contributed by atoms with Crippen molar-refractivity contribution in [2.75, 3.05) is 44.2 Å². The Balaban J connectivity index is 1.32. The number of hydrogen-bond acceptors (Lipinski definition) is 6. The molecular weight excluding hydrogens is 590 g/mol. The zero-order valence-electron chi connectivity index (χ0n) is 22.9. The van der Waals surface area contributed by atoms with E-state index in [0.29, 0.717) is 61.5 Å². The fourth-order valence-electron chi connectivity index (χ4n) is 5.96. The molecule has 0 radical (unpaired) electrons. The fourth-order valence-corrected chi connectivity index (χ4v) is 6.39. The van der Waals surface area contributed by atoms with E-state index in [1.165, 1.54) is 12.1 Å². The summed E-state index contributed by atoms with van der Waals surface area (Å²) in [6.07, 6.45) is -6.48. The van der Waals surface area contributed by atoms with Gasteiger partial charge in [0.1, 0.15) is 12.2 Å². The van der Waals surface area contributed by atoms with Gasteiger partial charge in [-0.1, -0.05) is 53.5 Å². The number of rotatable bonds is 9. The summed E-state index contributed by atoms with van der Waals surface area (Å²) in [5.41, 5.74) is 1.89. The van der Waals surface area contributed by atoms with Crippen LogP contribution < -0.4 is 4.90 Å². The summed E-state index contributed by atoms with van der Waals surface area (Å²) >= 11 is 12.5. The van der Waals surface area contributed by atoms with E-state index in [4.69, 9.17) is 27.9 Å². The van der Waals surface area contributed by atoms with Gasteiger partial charge in [-0.05, 0) is 53.6 Å². The molecule has 0 bridgehead atoms. The molecule has 5 rings (SSSR count). The average molecular weight is 625 g/mol. The van der Waals surface area contributed by atoms with E-state index in [2.05, 4.69) is 9.80 Å². The van der Waals surface area contributed by atoms with Gasteiger partial charge in [-0.25, -0.2) is 0 Å². The molecule has 3 aromatic rings. The molecule has 42 heavy (non-hydrogen) atoms. The van der Waals surface area contributed by atoms with Gasteiger partial charge in [0.25, 0.3) is 0 Å². The molecule has 0 saturated carbocycles. The summed E-state index contributed by atoms with van der Waals surface area (Å²) in [5.74, 6) is 0. The summed E-state index contributed by atoms with van der Waals surface area (Å²) in [6.45, 7) is 3.33. The van der Waals surface area contributed by atoms with Crippen molar-refractivity contribution in [1.29, 1.82) is 0 Å². The van der Waals surface area contributed by atoms with Gasteiger partial charge in [0.05, 0.1) is 24.3 Å². The molecule has 0 aromatic heterocycles. The molecule has 0 spiro atoms. The van der Waals surface area contributed by atoms with Crippen LogP contribution in [0.4, 0.5) is 18.9 Å². The standard InChI is InChI=1S/C31H34Cl2F3N3O3/c32-24-7-1-4-21(14-24)17-37(18-22-5-2-8-25(33)15-22)19-27-29(30(41)28(20-40)42-27)39-12-10-38(11-13-39)26-9-3-6-23(16-26)31(34,35)36/h1-9,14-16,27-30,40-41H,10-13,17-20H2/t27-,28+,29+,30-/m1/s1. The summed E-state index contributed by atoms with van der Waals surface area (Å²) < 4.78 is 46.0. The van der Waals surface area contributed by atoms with Crippen LogP contribution in [0.3, 0.4) is 0 Å². The van der Waals surface area contributed by atoms with Gasteiger partial charge in [0.15, 0.2) is 0 Å². The van der Waals surface area contributed by atoms with Crippen LogP contribution in [0.15, 0.2) is 72.8 Å². The SMILES string of the molecule is OC[C@@H]1O[C@H](CN(Cc2cccc(Cl)c2)Cc2cccc(Cl)c2)[C@H](N2CCN(c3cccc(C(F)(F)F)c3)CC2)[C@@H]1O. The highest BCUT2D eigenvalue weighted by Gasteiger charge is 2.47. The second-order valence-electron chi connectivity index (χ2n) is 10.9. The summed E-state index contributed by atoms with van der Waals surface area (Å²) in [5, 5.41) is 22.5. The highest BCUT2D eigenvalue weighted by molar-refractivity contribution is 6.30. The lowest BCUT2D eigenvalue weighted by Crippen LogP contribution is -2.57. The molecule has 2 heterocycles. The van der Waals surface area contributed by atoms with Crippen molar-refractivity contribution in [3.63, 3.8) is 0 Å². The Labute approximate surface area is 253 Å². The first-order valence-electron chi connectivity index (χ1n) is 13.9. The lowest BCUT2D eigenvalue weighted by atomic mass is 10.0. The fraction of sp³-hybridized carbons (Fsp3) is 0.419. The summed E-state index contributed by atoms with van der Waals surface area (Å²) in [7, 11) is 0. The zero-order valence-corrected chi connectivity index (χ0v) is 24.4. The van der Waals surface area contributed by atoms with Crippen LogP contribution in [0, 0.1) is 0 Å². The zero-order chi connectivity index (χ0) is 29.9. The number of hydrogen-bond donors (Lipinski definition) is 2. The number of benzene rings is 3. The van der Waals surface area contributed by atoms with Gasteiger partial charge in [0, 0.05) is 61.5 Å². The second-order valence-corrected chi connectivity index (χ2v) is 11.8. The van der Waals surface area contributed by atoms with Crippen molar-refractivity contribution >= 4 is 28.9 Å². The number of halogens is 5. The van der Waals surface area contributed by atoms with E-state index in [1.54, 1.807) is 6.07 Å². The van der Waals surface area contributed by atoms with Crippen LogP contribution in [0.2, 0.25) is 10.0 Å². The van der Waals surface area contributed by atoms with Crippen molar-refractivity contribution in [2.45, 2.75) is 43.6 Å². The van der Waals surface area contributed by atoms with Crippen molar-refractivity contribution < 1.29 is 28.1 Å². The molecule has 2 aliphatic rings. The number of aliphatic hydroxyl groups excluding tert-OH is 2. The minimum absolute atomic E-state index is 0.318. The monoisotopic (exact) mass is 623 g/mol. The minimum atomic E-state index is -4.41. The Bertz CT molecular complexity index is 1290. The van der Waals surface area contributed by atoms with Crippen molar-refractivity contribution in [3.8, 4) is 0 Å². The highest BCUT2D eigenvalue weighted by atomic mass is 35.5. The van der Waals surface area contributed by atoms with Crippen molar-refractivity contribution in [1.82, 2.24) is 9.80 Å². The van der Waals surface area contributed by atoms with Crippen LogP contribution in [0.1, 0.15) is 16.7 Å². The molecule has 2 aliphatic heterocycles. The largest absolute Gasteiger partial charge is 0.416 e. The Morgan fingerprint density at radius 2 is 1.43 bits per heavy atom. The van der Waals surface area contributed by atoms with Crippen LogP contribution >= 0.6 is 23.2 Å². The first kappa shape index (κ1) is 31.1. The Morgan fingerprint density at radius 3 is 1.98 bits per heavy atom. The second kappa shape index (κ2) is 13.5. The topological polar surface area (TPSA) is 59.4 Å². The lowest BCUT2D eigenvalue weighted by molar-refractivity contribution is -0.137. The number of alkyl halides is 3. The number of aliphatic hydroxyl groups is 2. The third-order valence-electron chi connectivity index (χ3n) is 7.94. The van der Waals surface area contributed by atoms with Gasteiger partial charge in [0.2, 0.25) is 0 Å². The van der Waals surface area contributed by atoms with Gasteiger partial charge >= 0.3 is 6.18 Å². The molecule has 226 valence electrons. The normalized spacial score (nSPS) is 23.6. The van der Waals surface area contributed by atoms with Crippen LogP contribution in [0.25, 0.3) is 0 Å². The van der Waals surface area contributed by atoms with Crippen molar-refractivity contribution in [3.05, 3.63) is 99.5 Å². The van der Waals surface area contributed by atoms with Gasteiger partial charge in [-0.3, -0.25) is 9.80 Å². The maximum absolute atomic E-state index is 13.3. The van der Waals surface area contributed by atoms with E-state index in [-0.39, 0.29) is 6.61 Å². The van der Waals surface area contributed by atoms with E-state index >= 15 is 0 Å². The van der Waals surface area contributed by atoms with Crippen LogP contribution in [-0.4, -0.2) is 83.7 Å². The predicted molar refractivity (Wildman–Crippen MR) is 158 cm³/mol. The predicted octanol–water partition coefficient (Wildman–Crippen LogP) is 5.33. The lowest BCUT2D eigenvalue weighted by Gasteiger charge is -2.42. The molecule has 6 nitrogen and oxygen atoms in total. The molecule has 0 unspecified atom stereocenters. The third kappa shape index (κ3) is 7.58. The number of anilines is 1. The molecular formula is C31H34Cl2F3N3O3. The number of nitrogens with zero attached hydrogens (tertiary/aromatic N) is 3. The summed E-state index contributed by atoms with van der Waals surface area (Å²) in [6, 6.07) is 20.3. The molecule has 4 atom stereocenters. The number of ether oxygens (including phenoxy) is 1. The summed E-state index contributed by atoms with van der Waals surface area (Å²) in [4.78, 5) is 6.27. The number of piperazine rings is 1. The van der Waals surface area contributed by atoms with Crippen LogP contribution in [0.5, 0.6) is 0 Å². The van der Waals surface area contributed by atoms with Gasteiger partial charge in [-0.15, -0.1) is 0 Å². The smallest absolute Gasteiger partial charge is 0.394 e. The highest BCUT2D eigenvalue weighted by Crippen LogP contribution is 2.33. The first-order valence-corrected chi connectivity index (χ1v) is 14.7. The third-order valence-corrected chi connectivity index (χ3v) is 8.41. The van der Waals surface area contributed by atoms with Gasteiger partial charge in [-0.2, -0.15) is 13.2 Å². The molecule has 2 saturated heterocycles. The molecule has 3 aromatic carbocycles. The Kier molecular flexibility index (Phi) is 9.99. The molecule has 2 N–H and O–H groups in total. The van der Waals surface area contributed by atoms with E-state index < -0.39 is 36.1 Å². The Morgan fingerprint density at radius 1 is 0.833 bits per heavy atom. The Hall–Kier alpha value is -2.37. The van der Waals surface area contributed by atoms with Crippen LogP contribution in [-0.2, 0) is 24.0 Å². The van der Waals surface area contributed by atoms with E-state index in [9.17, 15) is 23.4 Å². The van der Waals surface area contributed by atoms with E-state index in [1.807, 2.05) is 53.4 Å². The van der Waals surface area contributed by atoms with Gasteiger partial charge < -0.3 is 19.8 Å². The quantitative estimate of drug-likeness (QED) is 0.336. The molecule has 11 heteroatoms. The maximum atomic E-state index is 13.3. The average Bonchev–Trinajstić information content (AvgIpc) is 3.27. The van der Waals surface area contributed by atoms with E-state index in [0.717, 1.165) is 17.2 Å². The first-order chi connectivity index (χ1) is 20.1. The molecule has 0 amide bonds.